The number of nitrogens with zero attached hydrogens (tertiary/aromatic N) is 3. The quantitative estimate of drug-likeness (QED) is 0.160. The van der Waals surface area contributed by atoms with Crippen molar-refractivity contribution in [1.82, 2.24) is 25.1 Å². The molecule has 2 aromatic heterocycles. The Kier molecular flexibility index (Phi) is 7.67. The smallest absolute Gasteiger partial charge is 0.131 e. The minimum absolute atomic E-state index is 0.0741. The number of rotatable bonds is 6. The monoisotopic (exact) mass is 722 g/mol. The number of hydrogen-bond donors (Lipinski definition) is 3. The molecule has 56 heavy (non-hydrogen) atoms. The van der Waals surface area contributed by atoms with Crippen LogP contribution in [0.2, 0.25) is 0 Å². The fourth-order valence-electron chi connectivity index (χ4n) is 8.57. The van der Waals surface area contributed by atoms with Crippen molar-refractivity contribution in [1.29, 1.82) is 0 Å². The highest BCUT2D eigenvalue weighted by atomic mass is 15.3. The van der Waals surface area contributed by atoms with E-state index in [0.717, 1.165) is 17.2 Å². The second-order valence-corrected chi connectivity index (χ2v) is 14.6. The summed E-state index contributed by atoms with van der Waals surface area (Å²) in [6.07, 6.45) is 4.17. The molecule has 0 fully saturated rings. The van der Waals surface area contributed by atoms with Gasteiger partial charge in [-0.1, -0.05) is 133 Å². The molecule has 268 valence electrons. The second-order valence-electron chi connectivity index (χ2n) is 14.6. The molecule has 0 amide bonds. The molecule has 0 saturated heterocycles. The average molecular weight is 723 g/mol. The van der Waals surface area contributed by atoms with Crippen LogP contribution in [0.5, 0.6) is 0 Å². The summed E-state index contributed by atoms with van der Waals surface area (Å²) in [5.74, 6) is 1.93. The van der Waals surface area contributed by atoms with E-state index in [2.05, 4.69) is 207 Å². The number of benzene rings is 7. The zero-order chi connectivity index (χ0) is 37.0. The van der Waals surface area contributed by atoms with E-state index in [9.17, 15) is 0 Å². The Balaban J connectivity index is 0.975. The maximum atomic E-state index is 5.18. The van der Waals surface area contributed by atoms with E-state index in [0.29, 0.717) is 6.54 Å². The Bertz CT molecular complexity index is 3030. The van der Waals surface area contributed by atoms with Crippen LogP contribution in [-0.2, 0) is 0 Å². The molecule has 0 aliphatic carbocycles. The number of dihydropyridines is 1. The number of fused-ring (bicyclic) bond motifs is 6. The molecule has 7 aromatic carbocycles. The summed E-state index contributed by atoms with van der Waals surface area (Å²) in [6, 6.07) is 62.8. The molecule has 6 nitrogen and oxygen atoms in total. The molecule has 0 bridgehead atoms. The SMILES string of the molecule is C1=C(C2N=C(c3ccccc3)NC(c3ccccc3)N2)CNC(n2c3ccccc3c3cc(-c4ccc5c(c4)c4ccccc4n5-c4ccccc4)ccc32)=C1. The Hall–Kier alpha value is -7.15. The molecular formula is C50H38N6. The van der Waals surface area contributed by atoms with Crippen LogP contribution < -0.4 is 16.0 Å². The van der Waals surface area contributed by atoms with Gasteiger partial charge in [0.05, 0.1) is 22.1 Å². The van der Waals surface area contributed by atoms with Gasteiger partial charge in [-0.15, -0.1) is 0 Å². The van der Waals surface area contributed by atoms with Crippen LogP contribution in [0.4, 0.5) is 0 Å². The predicted octanol–water partition coefficient (Wildman–Crippen LogP) is 10.6. The Morgan fingerprint density at radius 3 is 1.68 bits per heavy atom. The summed E-state index contributed by atoms with van der Waals surface area (Å²) in [5, 5.41) is 16.1. The van der Waals surface area contributed by atoms with E-state index in [1.807, 2.05) is 6.07 Å². The second kappa shape index (κ2) is 13.3. The lowest BCUT2D eigenvalue weighted by Gasteiger charge is -2.34. The molecule has 0 spiro atoms. The summed E-state index contributed by atoms with van der Waals surface area (Å²) in [6.45, 7) is 0.666. The minimum atomic E-state index is -0.193. The van der Waals surface area contributed by atoms with Crippen LogP contribution in [0.3, 0.4) is 0 Å². The van der Waals surface area contributed by atoms with Crippen molar-refractivity contribution >= 4 is 55.3 Å². The van der Waals surface area contributed by atoms with Gasteiger partial charge in [-0.05, 0) is 76.9 Å². The molecule has 0 radical (unpaired) electrons. The van der Waals surface area contributed by atoms with Gasteiger partial charge in [-0.3, -0.25) is 9.88 Å². The van der Waals surface area contributed by atoms with Gasteiger partial charge in [-0.25, -0.2) is 4.99 Å². The summed E-state index contributed by atoms with van der Waals surface area (Å²) in [7, 11) is 0. The van der Waals surface area contributed by atoms with Gasteiger partial charge in [0.1, 0.15) is 24.0 Å². The molecule has 11 rings (SSSR count). The van der Waals surface area contributed by atoms with Crippen LogP contribution in [-0.4, -0.2) is 27.7 Å². The third-order valence-corrected chi connectivity index (χ3v) is 11.3. The first-order valence-electron chi connectivity index (χ1n) is 19.2. The van der Waals surface area contributed by atoms with E-state index in [-0.39, 0.29) is 12.3 Å². The molecule has 2 aliphatic heterocycles. The molecule has 2 unspecified atom stereocenters. The maximum Gasteiger partial charge on any atom is 0.131 e. The van der Waals surface area contributed by atoms with Gasteiger partial charge in [-0.2, -0.15) is 0 Å². The zero-order valence-corrected chi connectivity index (χ0v) is 30.6. The van der Waals surface area contributed by atoms with Gasteiger partial charge in [0.2, 0.25) is 0 Å². The molecule has 0 saturated carbocycles. The van der Waals surface area contributed by atoms with Gasteiger partial charge >= 0.3 is 0 Å². The largest absolute Gasteiger partial charge is 0.367 e. The summed E-state index contributed by atoms with van der Waals surface area (Å²) < 4.78 is 4.73. The first-order chi connectivity index (χ1) is 27.8. The lowest BCUT2D eigenvalue weighted by atomic mass is 10.0. The van der Waals surface area contributed by atoms with Crippen molar-refractivity contribution in [2.45, 2.75) is 12.3 Å². The zero-order valence-electron chi connectivity index (χ0n) is 30.6. The molecule has 9 aromatic rings. The number of allylic oxidation sites excluding steroid dienone is 2. The summed E-state index contributed by atoms with van der Waals surface area (Å²) >= 11 is 0. The standard InChI is InChI=1S/C50H38N6/c1-4-14-33(15-5-1)48-52-49(34-16-6-2-7-17-34)54-50(53-48)37-26-29-47(51-32-37)56-44-23-13-11-21-40(44)42-31-36(25-28-46(42)56)35-24-27-45-41(30-35)39-20-10-12-22-43(39)55(45)38-18-8-3-9-19-38/h1-31,48,50-51,53H,32H2,(H,52,54). The predicted molar refractivity (Wildman–Crippen MR) is 232 cm³/mol. The molecule has 2 aliphatic rings. The van der Waals surface area contributed by atoms with Crippen molar-refractivity contribution in [3.05, 3.63) is 205 Å². The van der Waals surface area contributed by atoms with Crippen molar-refractivity contribution in [2.24, 2.45) is 4.99 Å². The van der Waals surface area contributed by atoms with Crippen molar-refractivity contribution in [2.75, 3.05) is 6.54 Å². The van der Waals surface area contributed by atoms with E-state index < -0.39 is 0 Å². The molecule has 6 heteroatoms. The number of aliphatic imine (C=N–C) groups is 1. The molecule has 2 atom stereocenters. The third-order valence-electron chi connectivity index (χ3n) is 11.3. The van der Waals surface area contributed by atoms with E-state index >= 15 is 0 Å². The Morgan fingerprint density at radius 2 is 1.04 bits per heavy atom. The van der Waals surface area contributed by atoms with Crippen LogP contribution in [0.1, 0.15) is 17.3 Å². The topological polar surface area (TPSA) is 58.3 Å². The van der Waals surface area contributed by atoms with Gasteiger partial charge < -0.3 is 15.2 Å². The highest BCUT2D eigenvalue weighted by Gasteiger charge is 2.28. The van der Waals surface area contributed by atoms with Crippen molar-refractivity contribution in [3.63, 3.8) is 0 Å². The van der Waals surface area contributed by atoms with Crippen LogP contribution >= 0.6 is 0 Å². The number of amidine groups is 1. The number of hydrogen-bond acceptors (Lipinski definition) is 4. The van der Waals surface area contributed by atoms with Crippen LogP contribution in [0.25, 0.3) is 66.2 Å². The fraction of sp³-hybridized carbons (Fsp3) is 0.0600. The van der Waals surface area contributed by atoms with Crippen LogP contribution in [0.15, 0.2) is 199 Å². The van der Waals surface area contributed by atoms with E-state index in [4.69, 9.17) is 4.99 Å². The maximum absolute atomic E-state index is 5.18. The van der Waals surface area contributed by atoms with Crippen LogP contribution in [0, 0.1) is 0 Å². The third kappa shape index (κ3) is 5.42. The first-order valence-corrected chi connectivity index (χ1v) is 19.2. The highest BCUT2D eigenvalue weighted by molar-refractivity contribution is 6.13. The Labute approximate surface area is 324 Å². The molecular weight excluding hydrogens is 685 g/mol. The first kappa shape index (κ1) is 32.3. The minimum Gasteiger partial charge on any atom is -0.367 e. The Morgan fingerprint density at radius 1 is 0.482 bits per heavy atom. The summed E-state index contributed by atoms with van der Waals surface area (Å²) in [4.78, 5) is 5.18. The summed E-state index contributed by atoms with van der Waals surface area (Å²) in [5.41, 5.74) is 11.7. The van der Waals surface area contributed by atoms with E-state index in [1.54, 1.807) is 0 Å². The number of aromatic nitrogens is 2. The van der Waals surface area contributed by atoms with Crippen molar-refractivity contribution < 1.29 is 0 Å². The highest BCUT2D eigenvalue weighted by Crippen LogP contribution is 2.38. The van der Waals surface area contributed by atoms with Gasteiger partial charge in [0.25, 0.3) is 0 Å². The lowest BCUT2D eigenvalue weighted by Crippen LogP contribution is -2.50. The van der Waals surface area contributed by atoms with Gasteiger partial charge in [0.15, 0.2) is 0 Å². The van der Waals surface area contributed by atoms with Crippen molar-refractivity contribution in [3.8, 4) is 16.8 Å². The number of nitrogens with one attached hydrogen (secondary N) is 3. The molecule has 4 heterocycles. The number of para-hydroxylation sites is 3. The fourth-order valence-corrected chi connectivity index (χ4v) is 8.57. The average Bonchev–Trinajstić information content (AvgIpc) is 3.79. The van der Waals surface area contributed by atoms with E-state index in [1.165, 1.54) is 71.6 Å². The lowest BCUT2D eigenvalue weighted by molar-refractivity contribution is 0.427. The molecule has 3 N–H and O–H groups in total. The van der Waals surface area contributed by atoms with Gasteiger partial charge in [0, 0.05) is 39.3 Å². The normalized spacial score (nSPS) is 17.0.